The molecule has 0 spiro atoms. The smallest absolute Gasteiger partial charge is 0.236 e. The Morgan fingerprint density at radius 3 is 2.75 bits per heavy atom. The van der Waals surface area contributed by atoms with Crippen LogP contribution < -0.4 is 10.0 Å². The number of nitrogens with one attached hydrogen (secondary N) is 2. The Morgan fingerprint density at radius 1 is 1.50 bits per heavy atom. The van der Waals surface area contributed by atoms with Gasteiger partial charge in [-0.3, -0.25) is 4.72 Å². The lowest BCUT2D eigenvalue weighted by Crippen LogP contribution is -2.38. The molecule has 0 atom stereocenters. The maximum absolute atomic E-state index is 11.9. The number of aryl methyl sites for hydroxylation is 1. The minimum absolute atomic E-state index is 0.260. The second-order valence-corrected chi connectivity index (χ2v) is 5.88. The fraction of sp³-hybridized carbons (Fsp3) is 0.667. The number of rotatable bonds is 3. The Hall–Kier alpha value is -1.08. The quantitative estimate of drug-likeness (QED) is 0.809. The average molecular weight is 245 g/mol. The van der Waals surface area contributed by atoms with E-state index in [1.165, 1.54) is 0 Å². The maximum Gasteiger partial charge on any atom is 0.236 e. The molecule has 2 N–H and O–H groups in total. The highest BCUT2D eigenvalue weighted by atomic mass is 32.2. The second-order valence-electron chi connectivity index (χ2n) is 3.92. The van der Waals surface area contributed by atoms with Gasteiger partial charge in [0.2, 0.25) is 10.0 Å². The van der Waals surface area contributed by atoms with Crippen molar-refractivity contribution in [2.45, 2.75) is 25.0 Å². The number of piperidine rings is 1. The predicted octanol–water partition coefficient (Wildman–Crippen LogP) is 0.477. The van der Waals surface area contributed by atoms with Crippen molar-refractivity contribution in [3.05, 3.63) is 11.8 Å². The van der Waals surface area contributed by atoms with E-state index >= 15 is 0 Å². The van der Waals surface area contributed by atoms with Crippen LogP contribution in [0, 0.1) is 6.92 Å². The van der Waals surface area contributed by atoms with Crippen LogP contribution >= 0.6 is 0 Å². The van der Waals surface area contributed by atoms with E-state index in [0.29, 0.717) is 18.6 Å². The van der Waals surface area contributed by atoms with Crippen molar-refractivity contribution in [2.24, 2.45) is 0 Å². The van der Waals surface area contributed by atoms with Crippen LogP contribution in [0.15, 0.2) is 10.6 Å². The van der Waals surface area contributed by atoms with Crippen LogP contribution in [-0.2, 0) is 10.0 Å². The third-order valence-corrected chi connectivity index (χ3v) is 4.44. The second kappa shape index (κ2) is 4.42. The lowest BCUT2D eigenvalue weighted by Gasteiger charge is -2.22. The van der Waals surface area contributed by atoms with Gasteiger partial charge in [0.15, 0.2) is 5.82 Å². The molecule has 0 aromatic carbocycles. The molecule has 2 heterocycles. The molecule has 6 nitrogen and oxygen atoms in total. The van der Waals surface area contributed by atoms with E-state index in [0.717, 1.165) is 13.1 Å². The topological polar surface area (TPSA) is 84.2 Å². The van der Waals surface area contributed by atoms with Gasteiger partial charge in [-0.2, -0.15) is 0 Å². The Labute approximate surface area is 94.4 Å². The first-order chi connectivity index (χ1) is 7.58. The molecule has 1 aromatic heterocycles. The fourth-order valence-electron chi connectivity index (χ4n) is 1.75. The summed E-state index contributed by atoms with van der Waals surface area (Å²) in [5.74, 6) is 0.846. The number of anilines is 1. The zero-order valence-electron chi connectivity index (χ0n) is 9.06. The summed E-state index contributed by atoms with van der Waals surface area (Å²) in [7, 11) is -3.34. The summed E-state index contributed by atoms with van der Waals surface area (Å²) in [6.07, 6.45) is 1.26. The van der Waals surface area contributed by atoms with E-state index in [9.17, 15) is 8.42 Å². The normalized spacial score (nSPS) is 18.6. The Balaban J connectivity index is 2.07. The van der Waals surface area contributed by atoms with Crippen LogP contribution in [0.25, 0.3) is 0 Å². The van der Waals surface area contributed by atoms with Gasteiger partial charge in [0.1, 0.15) is 5.76 Å². The predicted molar refractivity (Wildman–Crippen MR) is 59.7 cm³/mol. The molecule has 90 valence electrons. The molecular formula is C9H15N3O3S. The third kappa shape index (κ3) is 2.53. The van der Waals surface area contributed by atoms with Gasteiger partial charge in [-0.1, -0.05) is 5.16 Å². The number of nitrogens with zero attached hydrogens (tertiary/aromatic N) is 1. The van der Waals surface area contributed by atoms with Crippen molar-refractivity contribution in [2.75, 3.05) is 17.8 Å². The molecule has 7 heteroatoms. The van der Waals surface area contributed by atoms with Gasteiger partial charge in [-0.15, -0.1) is 0 Å². The van der Waals surface area contributed by atoms with Gasteiger partial charge in [-0.05, 0) is 32.9 Å². The van der Waals surface area contributed by atoms with Crippen LogP contribution in [0.2, 0.25) is 0 Å². The summed E-state index contributed by atoms with van der Waals surface area (Å²) in [5, 5.41) is 6.40. The van der Waals surface area contributed by atoms with E-state index in [1.54, 1.807) is 13.0 Å². The van der Waals surface area contributed by atoms with Crippen molar-refractivity contribution in [3.8, 4) is 0 Å². The molecule has 1 aromatic rings. The van der Waals surface area contributed by atoms with Gasteiger partial charge in [0.05, 0.1) is 5.25 Å². The lowest BCUT2D eigenvalue weighted by molar-refractivity contribution is 0.400. The summed E-state index contributed by atoms with van der Waals surface area (Å²) in [6.45, 7) is 3.20. The van der Waals surface area contributed by atoms with Crippen molar-refractivity contribution in [1.82, 2.24) is 10.5 Å². The van der Waals surface area contributed by atoms with Crippen LogP contribution in [0.5, 0.6) is 0 Å². The fourth-order valence-corrected chi connectivity index (χ4v) is 3.16. The monoisotopic (exact) mass is 245 g/mol. The Kier molecular flexibility index (Phi) is 3.15. The molecule has 16 heavy (non-hydrogen) atoms. The standard InChI is InChI=1S/C9H15N3O3S/c1-7-6-9(11-15-7)12-16(13,14)8-2-4-10-5-3-8/h6,8,10H,2-5H2,1H3,(H,11,12). The molecule has 1 aliphatic heterocycles. The molecule has 1 fully saturated rings. The van der Waals surface area contributed by atoms with Crippen LogP contribution in [0.3, 0.4) is 0 Å². The minimum Gasteiger partial charge on any atom is -0.360 e. The zero-order valence-corrected chi connectivity index (χ0v) is 9.88. The summed E-state index contributed by atoms with van der Waals surface area (Å²) < 4.78 is 31.1. The van der Waals surface area contributed by atoms with Gasteiger partial charge in [0.25, 0.3) is 0 Å². The number of sulfonamides is 1. The summed E-state index contributed by atoms with van der Waals surface area (Å²) in [4.78, 5) is 0. The molecule has 1 saturated heterocycles. The molecular weight excluding hydrogens is 230 g/mol. The maximum atomic E-state index is 11.9. The third-order valence-electron chi connectivity index (χ3n) is 2.60. The molecule has 0 unspecified atom stereocenters. The van der Waals surface area contributed by atoms with Crippen molar-refractivity contribution in [3.63, 3.8) is 0 Å². The lowest BCUT2D eigenvalue weighted by atomic mass is 10.2. The average Bonchev–Trinajstić information content (AvgIpc) is 2.64. The largest absolute Gasteiger partial charge is 0.360 e. The van der Waals surface area contributed by atoms with Crippen LogP contribution in [-0.4, -0.2) is 31.9 Å². The molecule has 0 radical (unpaired) electrons. The highest BCUT2D eigenvalue weighted by Gasteiger charge is 2.27. The van der Waals surface area contributed by atoms with Gasteiger partial charge < -0.3 is 9.84 Å². The number of hydrogen-bond acceptors (Lipinski definition) is 5. The van der Waals surface area contributed by atoms with Gasteiger partial charge >= 0.3 is 0 Å². The Bertz CT molecular complexity index is 448. The van der Waals surface area contributed by atoms with Crippen molar-refractivity contribution < 1.29 is 12.9 Å². The first-order valence-electron chi connectivity index (χ1n) is 5.23. The molecule has 0 bridgehead atoms. The van der Waals surface area contributed by atoms with Crippen molar-refractivity contribution >= 4 is 15.8 Å². The molecule has 0 aliphatic carbocycles. The SMILES string of the molecule is Cc1cc(NS(=O)(=O)C2CCNCC2)no1. The highest BCUT2D eigenvalue weighted by Crippen LogP contribution is 2.17. The van der Waals surface area contributed by atoms with E-state index in [1.807, 2.05) is 0 Å². The molecule has 0 amide bonds. The van der Waals surface area contributed by atoms with E-state index in [-0.39, 0.29) is 11.1 Å². The van der Waals surface area contributed by atoms with Crippen LogP contribution in [0.4, 0.5) is 5.82 Å². The first-order valence-corrected chi connectivity index (χ1v) is 6.78. The van der Waals surface area contributed by atoms with Gasteiger partial charge in [-0.25, -0.2) is 8.42 Å². The minimum atomic E-state index is -3.34. The van der Waals surface area contributed by atoms with Crippen molar-refractivity contribution in [1.29, 1.82) is 0 Å². The summed E-state index contributed by atoms with van der Waals surface area (Å²) in [6, 6.07) is 1.57. The van der Waals surface area contributed by atoms with E-state index in [4.69, 9.17) is 4.52 Å². The molecule has 0 saturated carbocycles. The van der Waals surface area contributed by atoms with E-state index < -0.39 is 10.0 Å². The first kappa shape index (κ1) is 11.4. The zero-order chi connectivity index (χ0) is 11.6. The summed E-state index contributed by atoms with van der Waals surface area (Å²) >= 11 is 0. The number of hydrogen-bond donors (Lipinski definition) is 2. The van der Waals surface area contributed by atoms with Crippen LogP contribution in [0.1, 0.15) is 18.6 Å². The van der Waals surface area contributed by atoms with Gasteiger partial charge in [0, 0.05) is 6.07 Å². The molecule has 1 aliphatic rings. The summed E-state index contributed by atoms with van der Waals surface area (Å²) in [5.41, 5.74) is 0. The molecule has 2 rings (SSSR count). The number of aromatic nitrogens is 1. The van der Waals surface area contributed by atoms with E-state index in [2.05, 4.69) is 15.2 Å². The Morgan fingerprint density at radius 2 is 2.19 bits per heavy atom. The highest BCUT2D eigenvalue weighted by molar-refractivity contribution is 7.93.